The Morgan fingerprint density at radius 1 is 1.56 bits per heavy atom. The van der Waals surface area contributed by atoms with Crippen molar-refractivity contribution in [3.63, 3.8) is 0 Å². The molecule has 5 heteroatoms. The molecule has 0 aliphatic heterocycles. The topological polar surface area (TPSA) is 50.9 Å². The number of nitrogens with one attached hydrogen (secondary N) is 1. The monoisotopic (exact) mass is 281 g/mol. The molecule has 0 unspecified atom stereocenters. The molecule has 0 amide bonds. The molecule has 3 nitrogen and oxygen atoms in total. The Hall–Kier alpha value is -0.810. The van der Waals surface area contributed by atoms with Crippen LogP contribution in [-0.2, 0) is 0 Å². The lowest BCUT2D eigenvalue weighted by molar-refractivity contribution is 0.639. The Bertz CT molecular complexity index is 428. The van der Waals surface area contributed by atoms with Crippen molar-refractivity contribution in [3.8, 4) is 0 Å². The van der Waals surface area contributed by atoms with Gasteiger partial charge in [-0.15, -0.1) is 0 Å². The van der Waals surface area contributed by atoms with E-state index in [9.17, 15) is 0 Å². The van der Waals surface area contributed by atoms with Gasteiger partial charge in [0, 0.05) is 23.1 Å². The number of nitrogens with zero attached hydrogens (tertiary/aromatic N) is 1. The van der Waals surface area contributed by atoms with Crippen LogP contribution in [0.1, 0.15) is 31.2 Å². The minimum Gasteiger partial charge on any atom is -0.389 e. The van der Waals surface area contributed by atoms with Crippen LogP contribution in [0.3, 0.4) is 0 Å². The number of hydrogen-bond acceptors (Lipinski definition) is 4. The zero-order valence-corrected chi connectivity index (χ0v) is 12.2. The second kappa shape index (κ2) is 5.89. The summed E-state index contributed by atoms with van der Waals surface area (Å²) in [6.07, 6.45) is 10.9. The summed E-state index contributed by atoms with van der Waals surface area (Å²) in [4.78, 5) is 4.56. The minimum absolute atomic E-state index is 0.364. The van der Waals surface area contributed by atoms with Crippen LogP contribution in [0.15, 0.2) is 18.5 Å². The fourth-order valence-corrected chi connectivity index (χ4v) is 3.57. The quantitative estimate of drug-likeness (QED) is 0.813. The molecule has 2 rings (SSSR count). The Kier molecular flexibility index (Phi) is 4.45. The second-order valence-electron chi connectivity index (χ2n) is 4.73. The van der Waals surface area contributed by atoms with Crippen molar-refractivity contribution in [2.45, 2.75) is 30.4 Å². The Labute approximate surface area is 118 Å². The molecule has 3 N–H and O–H groups in total. The first-order valence-electron chi connectivity index (χ1n) is 6.20. The van der Waals surface area contributed by atoms with Gasteiger partial charge in [-0.25, -0.2) is 0 Å². The highest BCUT2D eigenvalue weighted by atomic mass is 32.2. The largest absolute Gasteiger partial charge is 0.389 e. The summed E-state index contributed by atoms with van der Waals surface area (Å²) >= 11 is 7.03. The highest BCUT2D eigenvalue weighted by molar-refractivity contribution is 8.00. The van der Waals surface area contributed by atoms with Gasteiger partial charge in [0.2, 0.25) is 0 Å². The van der Waals surface area contributed by atoms with E-state index in [0.717, 1.165) is 17.8 Å². The summed E-state index contributed by atoms with van der Waals surface area (Å²) in [5, 5.41) is 3.48. The number of thiocarbonyl (C=S) groups is 1. The standard InChI is InChI=1S/C13H19N3S2/c1-18-13(5-2-3-6-13)9-16-11-8-15-7-4-10(11)12(14)17/h4,7-8,16H,2-3,5-6,9H2,1H3,(H2,14,17). The molecule has 1 aliphatic carbocycles. The van der Waals surface area contributed by atoms with Crippen molar-refractivity contribution in [1.82, 2.24) is 4.98 Å². The minimum atomic E-state index is 0.364. The number of thioether (sulfide) groups is 1. The van der Waals surface area contributed by atoms with Crippen molar-refractivity contribution >= 4 is 34.7 Å². The Morgan fingerprint density at radius 3 is 2.89 bits per heavy atom. The van der Waals surface area contributed by atoms with Gasteiger partial charge < -0.3 is 11.1 Å². The summed E-state index contributed by atoms with van der Waals surface area (Å²) in [7, 11) is 0. The Morgan fingerprint density at radius 2 is 2.28 bits per heavy atom. The molecule has 0 atom stereocenters. The van der Waals surface area contributed by atoms with Crippen LogP contribution in [0.2, 0.25) is 0 Å². The zero-order chi connectivity index (χ0) is 13.0. The molecule has 1 heterocycles. The van der Waals surface area contributed by atoms with Crippen molar-refractivity contribution in [2.24, 2.45) is 5.73 Å². The molecule has 1 aromatic rings. The van der Waals surface area contributed by atoms with E-state index in [-0.39, 0.29) is 0 Å². The van der Waals surface area contributed by atoms with Gasteiger partial charge in [-0.3, -0.25) is 4.98 Å². The maximum Gasteiger partial charge on any atom is 0.106 e. The molecule has 1 aromatic heterocycles. The smallest absolute Gasteiger partial charge is 0.106 e. The van der Waals surface area contributed by atoms with Gasteiger partial charge in [-0.05, 0) is 25.2 Å². The zero-order valence-electron chi connectivity index (χ0n) is 10.6. The fraction of sp³-hybridized carbons (Fsp3) is 0.538. The van der Waals surface area contributed by atoms with E-state index >= 15 is 0 Å². The van der Waals surface area contributed by atoms with Crippen molar-refractivity contribution < 1.29 is 0 Å². The van der Waals surface area contributed by atoms with E-state index in [4.69, 9.17) is 18.0 Å². The lowest BCUT2D eigenvalue weighted by atomic mass is 10.1. The van der Waals surface area contributed by atoms with Crippen molar-refractivity contribution in [3.05, 3.63) is 24.0 Å². The molecule has 0 radical (unpaired) electrons. The second-order valence-corrected chi connectivity index (χ2v) is 6.45. The van der Waals surface area contributed by atoms with Gasteiger partial charge in [-0.2, -0.15) is 11.8 Å². The lowest BCUT2D eigenvalue weighted by Crippen LogP contribution is -2.30. The third-order valence-electron chi connectivity index (χ3n) is 3.64. The molecule has 0 spiro atoms. The maximum absolute atomic E-state index is 5.72. The van der Waals surface area contributed by atoms with Gasteiger partial charge in [0.05, 0.1) is 11.9 Å². The summed E-state index contributed by atoms with van der Waals surface area (Å²) in [6, 6.07) is 1.87. The molecular weight excluding hydrogens is 262 g/mol. The molecule has 1 fully saturated rings. The number of hydrogen-bond donors (Lipinski definition) is 2. The summed E-state index contributed by atoms with van der Waals surface area (Å²) in [5.41, 5.74) is 7.56. The molecule has 18 heavy (non-hydrogen) atoms. The molecule has 98 valence electrons. The normalized spacial score (nSPS) is 17.6. The van der Waals surface area contributed by atoms with E-state index < -0.39 is 0 Å². The van der Waals surface area contributed by atoms with Crippen molar-refractivity contribution in [1.29, 1.82) is 0 Å². The first-order chi connectivity index (χ1) is 8.67. The van der Waals surface area contributed by atoms with E-state index in [1.807, 2.05) is 17.8 Å². The highest BCUT2D eigenvalue weighted by Gasteiger charge is 2.32. The summed E-state index contributed by atoms with van der Waals surface area (Å²) in [6.45, 7) is 0.954. The fourth-order valence-electron chi connectivity index (χ4n) is 2.48. The summed E-state index contributed by atoms with van der Waals surface area (Å²) < 4.78 is 0.364. The van der Waals surface area contributed by atoms with E-state index in [1.165, 1.54) is 25.7 Å². The van der Waals surface area contributed by atoms with Gasteiger partial charge in [0.1, 0.15) is 4.99 Å². The van der Waals surface area contributed by atoms with Crippen LogP contribution in [0.4, 0.5) is 5.69 Å². The van der Waals surface area contributed by atoms with Crippen LogP contribution < -0.4 is 11.1 Å². The lowest BCUT2D eigenvalue weighted by Gasteiger charge is -2.27. The molecular formula is C13H19N3S2. The predicted octanol–water partition coefficient (Wildman–Crippen LogP) is 2.80. The molecule has 0 saturated heterocycles. The first-order valence-corrected chi connectivity index (χ1v) is 7.83. The van der Waals surface area contributed by atoms with Gasteiger partial charge in [0.15, 0.2) is 0 Å². The number of rotatable bonds is 5. The average Bonchev–Trinajstić information content (AvgIpc) is 2.86. The predicted molar refractivity (Wildman–Crippen MR) is 83.3 cm³/mol. The first kappa shape index (κ1) is 13.6. The molecule has 1 saturated carbocycles. The average molecular weight is 281 g/mol. The SMILES string of the molecule is CSC1(CNc2cnccc2C(N)=S)CCCC1. The highest BCUT2D eigenvalue weighted by Crippen LogP contribution is 2.40. The van der Waals surface area contributed by atoms with Crippen molar-refractivity contribution in [2.75, 3.05) is 18.1 Å². The van der Waals surface area contributed by atoms with E-state index in [0.29, 0.717) is 9.74 Å². The third kappa shape index (κ3) is 2.95. The van der Waals surface area contributed by atoms with E-state index in [1.54, 1.807) is 12.4 Å². The third-order valence-corrected chi connectivity index (χ3v) is 5.27. The molecule has 0 bridgehead atoms. The van der Waals surface area contributed by atoms with E-state index in [2.05, 4.69) is 16.6 Å². The number of aromatic nitrogens is 1. The van der Waals surface area contributed by atoms with Crippen LogP contribution in [0, 0.1) is 0 Å². The molecule has 1 aliphatic rings. The summed E-state index contributed by atoms with van der Waals surface area (Å²) in [5.74, 6) is 0. The van der Waals surface area contributed by atoms with Crippen LogP contribution in [0.25, 0.3) is 0 Å². The number of nitrogens with two attached hydrogens (primary N) is 1. The van der Waals surface area contributed by atoms with Crippen LogP contribution in [0.5, 0.6) is 0 Å². The number of anilines is 1. The van der Waals surface area contributed by atoms with Gasteiger partial charge >= 0.3 is 0 Å². The van der Waals surface area contributed by atoms with Gasteiger partial charge in [0.25, 0.3) is 0 Å². The van der Waals surface area contributed by atoms with Crippen LogP contribution in [-0.4, -0.2) is 27.5 Å². The Balaban J connectivity index is 2.08. The molecule has 0 aromatic carbocycles. The van der Waals surface area contributed by atoms with Gasteiger partial charge in [-0.1, -0.05) is 25.1 Å². The number of pyridine rings is 1. The maximum atomic E-state index is 5.72. The van der Waals surface area contributed by atoms with Crippen LogP contribution >= 0.6 is 24.0 Å².